The van der Waals surface area contributed by atoms with Crippen molar-refractivity contribution in [3.8, 4) is 11.5 Å². The van der Waals surface area contributed by atoms with Gasteiger partial charge in [0.15, 0.2) is 28.1 Å². The molecule has 0 radical (unpaired) electrons. The highest BCUT2D eigenvalue weighted by molar-refractivity contribution is 7.22. The molecule has 196 valence electrons. The molecule has 2 aromatic carbocycles. The highest BCUT2D eigenvalue weighted by Gasteiger charge is 2.46. The zero-order valence-electron chi connectivity index (χ0n) is 20.8. The van der Waals surface area contributed by atoms with Crippen molar-refractivity contribution in [3.63, 3.8) is 0 Å². The topological polar surface area (TPSA) is 102 Å². The molecule has 4 aromatic rings. The van der Waals surface area contributed by atoms with Gasteiger partial charge in [-0.3, -0.25) is 14.5 Å². The number of carbonyl (C=O) groups excluding carboxylic acids is 2. The lowest BCUT2D eigenvalue weighted by molar-refractivity contribution is -0.117. The Balaban J connectivity index is 1.64. The molecule has 0 saturated carbocycles. The van der Waals surface area contributed by atoms with E-state index < -0.39 is 29.3 Å². The Bertz CT molecular complexity index is 1530. The van der Waals surface area contributed by atoms with Crippen LogP contribution in [0.1, 0.15) is 48.8 Å². The van der Waals surface area contributed by atoms with Crippen LogP contribution < -0.4 is 14.4 Å². The number of fused-ring (bicyclic) bond motifs is 1. The monoisotopic (exact) mass is 536 g/mol. The van der Waals surface area contributed by atoms with Crippen molar-refractivity contribution in [1.29, 1.82) is 0 Å². The number of aliphatic hydroxyl groups is 1. The van der Waals surface area contributed by atoms with Gasteiger partial charge < -0.3 is 19.0 Å². The van der Waals surface area contributed by atoms with Crippen LogP contribution in [-0.2, 0) is 4.79 Å². The smallest absolute Gasteiger partial charge is 0.296 e. The number of hydrogen-bond acceptors (Lipinski definition) is 8. The van der Waals surface area contributed by atoms with E-state index in [4.69, 9.17) is 13.9 Å². The molecule has 0 fully saturated rings. The number of aliphatic hydroxyl groups excluding tert-OH is 1. The maximum Gasteiger partial charge on any atom is 0.296 e. The maximum absolute atomic E-state index is 13.9. The van der Waals surface area contributed by atoms with Gasteiger partial charge in [0, 0.05) is 0 Å². The number of nitrogens with zero attached hydrogens (tertiary/aromatic N) is 2. The fourth-order valence-electron chi connectivity index (χ4n) is 4.29. The van der Waals surface area contributed by atoms with Crippen LogP contribution in [0, 0.1) is 5.82 Å². The van der Waals surface area contributed by atoms with Crippen molar-refractivity contribution in [2.75, 3.05) is 18.1 Å². The van der Waals surface area contributed by atoms with E-state index in [2.05, 4.69) is 11.9 Å². The number of benzene rings is 2. The van der Waals surface area contributed by atoms with Crippen molar-refractivity contribution < 1.29 is 33.0 Å². The third-order valence-corrected chi connectivity index (χ3v) is 7.10. The summed E-state index contributed by atoms with van der Waals surface area (Å²) in [6.07, 6.45) is 3.18. The van der Waals surface area contributed by atoms with E-state index in [-0.39, 0.29) is 16.5 Å². The molecule has 0 saturated heterocycles. The lowest BCUT2D eigenvalue weighted by atomic mass is 9.95. The number of unbranched alkanes of at least 4 members (excludes halogenated alkanes) is 1. The van der Waals surface area contributed by atoms with Crippen LogP contribution in [0.2, 0.25) is 0 Å². The van der Waals surface area contributed by atoms with E-state index in [1.165, 1.54) is 35.4 Å². The second-order valence-electron chi connectivity index (χ2n) is 8.60. The molecule has 8 nitrogen and oxygen atoms in total. The third-order valence-electron chi connectivity index (χ3n) is 6.08. The molecule has 10 heteroatoms. The number of amides is 1. The average molecular weight is 537 g/mol. The quantitative estimate of drug-likeness (QED) is 0.185. The SMILES string of the molecule is CCCCOc1ccc(C2C(C(=O)c3ccco3)=C(O)C(=O)N2c2nc3ccc(F)cc3s2)cc1OCC. The summed E-state index contributed by atoms with van der Waals surface area (Å²) >= 11 is 1.08. The van der Waals surface area contributed by atoms with Gasteiger partial charge in [-0.2, -0.15) is 0 Å². The largest absolute Gasteiger partial charge is 0.503 e. The standard InChI is InChI=1S/C28H25FN2O6S/c1-3-5-12-36-19-11-8-16(14-21(19)35-4-2)24-23(25(32)20-7-6-13-37-20)26(33)27(34)31(24)28-30-18-10-9-17(29)15-22(18)38-28/h6-11,13-15,24,33H,3-5,12H2,1-2H3. The fourth-order valence-corrected chi connectivity index (χ4v) is 5.31. The number of halogens is 1. The molecule has 1 amide bonds. The molecule has 0 bridgehead atoms. The zero-order chi connectivity index (χ0) is 26.8. The second-order valence-corrected chi connectivity index (χ2v) is 9.61. The van der Waals surface area contributed by atoms with Crippen LogP contribution >= 0.6 is 11.3 Å². The molecule has 1 unspecified atom stereocenters. The van der Waals surface area contributed by atoms with E-state index in [0.29, 0.717) is 40.5 Å². The van der Waals surface area contributed by atoms with Crippen molar-refractivity contribution >= 4 is 38.4 Å². The van der Waals surface area contributed by atoms with Gasteiger partial charge in [-0.1, -0.05) is 30.7 Å². The molecular weight excluding hydrogens is 511 g/mol. The summed E-state index contributed by atoms with van der Waals surface area (Å²) in [6.45, 7) is 4.78. The van der Waals surface area contributed by atoms with Crippen LogP contribution in [0.15, 0.2) is 70.5 Å². The van der Waals surface area contributed by atoms with E-state index >= 15 is 0 Å². The van der Waals surface area contributed by atoms with Gasteiger partial charge in [-0.25, -0.2) is 9.37 Å². The van der Waals surface area contributed by atoms with Gasteiger partial charge in [0.05, 0.1) is 41.3 Å². The number of ketones is 1. The minimum absolute atomic E-state index is 0.0258. The summed E-state index contributed by atoms with van der Waals surface area (Å²) in [5.74, 6) is -1.64. The van der Waals surface area contributed by atoms with Crippen LogP contribution in [-0.4, -0.2) is 35.0 Å². The number of hydrogen-bond donors (Lipinski definition) is 1. The van der Waals surface area contributed by atoms with E-state index in [1.807, 2.05) is 6.92 Å². The van der Waals surface area contributed by atoms with Crippen molar-refractivity contribution in [3.05, 3.63) is 83.3 Å². The van der Waals surface area contributed by atoms with E-state index in [0.717, 1.165) is 24.2 Å². The first kappa shape index (κ1) is 25.5. The van der Waals surface area contributed by atoms with Crippen LogP contribution in [0.5, 0.6) is 11.5 Å². The van der Waals surface area contributed by atoms with Gasteiger partial charge in [-0.15, -0.1) is 0 Å². The first-order valence-electron chi connectivity index (χ1n) is 12.2. The minimum Gasteiger partial charge on any atom is -0.503 e. The molecule has 1 N–H and O–H groups in total. The number of anilines is 1. The zero-order valence-corrected chi connectivity index (χ0v) is 21.6. The second kappa shape index (κ2) is 10.7. The summed E-state index contributed by atoms with van der Waals surface area (Å²) in [4.78, 5) is 32.7. The van der Waals surface area contributed by atoms with Gasteiger partial charge in [0.1, 0.15) is 5.82 Å². The predicted octanol–water partition coefficient (Wildman–Crippen LogP) is 6.39. The number of Topliss-reactive ketones (excluding diaryl/α,β-unsaturated/α-hetero) is 1. The lowest BCUT2D eigenvalue weighted by Crippen LogP contribution is -2.31. The Morgan fingerprint density at radius 2 is 2.00 bits per heavy atom. The highest BCUT2D eigenvalue weighted by Crippen LogP contribution is 2.45. The minimum atomic E-state index is -1.05. The normalized spacial score (nSPS) is 15.5. The Labute approximate surface area is 221 Å². The predicted molar refractivity (Wildman–Crippen MR) is 141 cm³/mol. The number of rotatable bonds is 10. The van der Waals surface area contributed by atoms with E-state index in [1.54, 1.807) is 24.3 Å². The first-order valence-corrected chi connectivity index (χ1v) is 13.0. The number of thiazole rings is 1. The van der Waals surface area contributed by atoms with Crippen molar-refractivity contribution in [2.24, 2.45) is 0 Å². The Morgan fingerprint density at radius 3 is 2.74 bits per heavy atom. The highest BCUT2D eigenvalue weighted by atomic mass is 32.1. The van der Waals surface area contributed by atoms with Crippen LogP contribution in [0.4, 0.5) is 9.52 Å². The number of aromatic nitrogens is 1. The molecule has 0 spiro atoms. The molecule has 0 aliphatic carbocycles. The van der Waals surface area contributed by atoms with Crippen LogP contribution in [0.3, 0.4) is 0 Å². The first-order chi connectivity index (χ1) is 18.4. The number of carbonyl (C=O) groups is 2. The van der Waals surface area contributed by atoms with Gasteiger partial charge in [0.2, 0.25) is 5.78 Å². The molecule has 2 aromatic heterocycles. The molecule has 3 heterocycles. The van der Waals surface area contributed by atoms with Crippen molar-refractivity contribution in [2.45, 2.75) is 32.7 Å². The number of furan rings is 1. The van der Waals surface area contributed by atoms with Crippen molar-refractivity contribution in [1.82, 2.24) is 4.98 Å². The number of ether oxygens (including phenoxy) is 2. The lowest BCUT2D eigenvalue weighted by Gasteiger charge is -2.25. The molecule has 38 heavy (non-hydrogen) atoms. The summed E-state index contributed by atoms with van der Waals surface area (Å²) in [7, 11) is 0. The summed E-state index contributed by atoms with van der Waals surface area (Å²) in [5.41, 5.74) is 0.824. The molecule has 5 rings (SSSR count). The Hall–Kier alpha value is -4.18. The van der Waals surface area contributed by atoms with Gasteiger partial charge >= 0.3 is 0 Å². The third kappa shape index (κ3) is 4.63. The molecule has 1 aliphatic heterocycles. The molecule has 1 aliphatic rings. The summed E-state index contributed by atoms with van der Waals surface area (Å²) in [6, 6.07) is 11.2. The average Bonchev–Trinajstić information content (AvgIpc) is 3.64. The fraction of sp³-hybridized carbons (Fsp3) is 0.250. The summed E-state index contributed by atoms with van der Waals surface area (Å²) < 4.78 is 31.4. The Kier molecular flexibility index (Phi) is 7.15. The molecule has 1 atom stereocenters. The Morgan fingerprint density at radius 1 is 1.16 bits per heavy atom. The molecular formula is C28H25FN2O6S. The van der Waals surface area contributed by atoms with Gasteiger partial charge in [0.25, 0.3) is 5.91 Å². The van der Waals surface area contributed by atoms with E-state index in [9.17, 15) is 19.1 Å². The van der Waals surface area contributed by atoms with Crippen LogP contribution in [0.25, 0.3) is 10.2 Å². The summed E-state index contributed by atoms with van der Waals surface area (Å²) in [5, 5.41) is 11.2. The maximum atomic E-state index is 13.9. The van der Waals surface area contributed by atoms with Gasteiger partial charge in [-0.05, 0) is 61.4 Å².